The van der Waals surface area contributed by atoms with E-state index in [1.165, 1.54) is 35.3 Å². The number of fused-ring (bicyclic) bond motifs is 2. The number of rotatable bonds is 3. The van der Waals surface area contributed by atoms with Gasteiger partial charge in [-0.05, 0) is 42.5 Å². The van der Waals surface area contributed by atoms with Crippen LogP contribution in [0.2, 0.25) is 0 Å². The number of hydrogen-bond donors (Lipinski definition) is 1. The van der Waals surface area contributed by atoms with Gasteiger partial charge in [-0.1, -0.05) is 17.8 Å². The molecular formula is C16H16N4S. The second-order valence-electron chi connectivity index (χ2n) is 5.23. The lowest BCUT2D eigenvalue weighted by Gasteiger charge is -2.08. The third-order valence-electron chi connectivity index (χ3n) is 3.88. The van der Waals surface area contributed by atoms with Crippen LogP contribution in [0, 0.1) is 0 Å². The molecule has 3 aromatic rings. The lowest BCUT2D eigenvalue weighted by atomic mass is 10.1. The Morgan fingerprint density at radius 3 is 3.05 bits per heavy atom. The van der Waals surface area contributed by atoms with Crippen molar-refractivity contribution in [3.8, 4) is 0 Å². The average Bonchev–Trinajstić information content (AvgIpc) is 3.14. The maximum Gasteiger partial charge on any atom is 0.170 e. The topological polar surface area (TPSA) is 42.2 Å². The van der Waals surface area contributed by atoms with Gasteiger partial charge >= 0.3 is 0 Å². The van der Waals surface area contributed by atoms with Gasteiger partial charge in [-0.2, -0.15) is 0 Å². The molecule has 0 bridgehead atoms. The lowest BCUT2D eigenvalue weighted by molar-refractivity contribution is 0.911. The second-order valence-corrected chi connectivity index (χ2v) is 6.29. The van der Waals surface area contributed by atoms with Gasteiger partial charge in [0.05, 0.1) is 6.20 Å². The summed E-state index contributed by atoms with van der Waals surface area (Å²) in [5, 5.41) is 4.04. The van der Waals surface area contributed by atoms with Crippen LogP contribution >= 0.6 is 11.8 Å². The van der Waals surface area contributed by atoms with E-state index < -0.39 is 0 Å². The average molecular weight is 296 g/mol. The van der Waals surface area contributed by atoms with E-state index in [1.807, 2.05) is 30.0 Å². The van der Waals surface area contributed by atoms with Crippen molar-refractivity contribution in [2.45, 2.75) is 29.2 Å². The number of aryl methyl sites for hydroxylation is 2. The van der Waals surface area contributed by atoms with Crippen LogP contribution in [0.1, 0.15) is 17.5 Å². The van der Waals surface area contributed by atoms with Crippen molar-refractivity contribution in [3.63, 3.8) is 0 Å². The summed E-state index contributed by atoms with van der Waals surface area (Å²) < 4.78 is 2.01. The van der Waals surface area contributed by atoms with Crippen LogP contribution in [0.15, 0.2) is 46.7 Å². The fraction of sp³-hybridized carbons (Fsp3) is 0.250. The first-order valence-electron chi connectivity index (χ1n) is 7.14. The van der Waals surface area contributed by atoms with Gasteiger partial charge in [-0.3, -0.25) is 0 Å². The van der Waals surface area contributed by atoms with Crippen LogP contribution in [0.5, 0.6) is 0 Å². The highest BCUT2D eigenvalue weighted by Crippen LogP contribution is 2.33. The molecule has 0 amide bonds. The van der Waals surface area contributed by atoms with Crippen molar-refractivity contribution in [3.05, 3.63) is 47.9 Å². The number of nitrogens with zero attached hydrogens (tertiary/aromatic N) is 3. The molecule has 4 rings (SSSR count). The first-order valence-corrected chi connectivity index (χ1v) is 7.96. The zero-order chi connectivity index (χ0) is 14.2. The number of imidazole rings is 1. The number of aromatic nitrogens is 3. The first-order chi connectivity index (χ1) is 10.3. The minimum Gasteiger partial charge on any atom is -0.372 e. The summed E-state index contributed by atoms with van der Waals surface area (Å²) >= 11 is 1.68. The summed E-state index contributed by atoms with van der Waals surface area (Å²) in [7, 11) is 1.88. The first kappa shape index (κ1) is 12.7. The molecule has 0 spiro atoms. The smallest absolute Gasteiger partial charge is 0.170 e. The van der Waals surface area contributed by atoms with Crippen LogP contribution in [0.4, 0.5) is 5.82 Å². The molecule has 5 heteroatoms. The van der Waals surface area contributed by atoms with Crippen molar-refractivity contribution in [1.29, 1.82) is 0 Å². The lowest BCUT2D eigenvalue weighted by Crippen LogP contribution is -1.98. The molecule has 0 fully saturated rings. The van der Waals surface area contributed by atoms with Crippen LogP contribution in [-0.4, -0.2) is 21.4 Å². The molecule has 0 unspecified atom stereocenters. The monoisotopic (exact) mass is 296 g/mol. The molecule has 2 heterocycles. The van der Waals surface area contributed by atoms with Crippen LogP contribution in [0.25, 0.3) is 5.65 Å². The Morgan fingerprint density at radius 1 is 1.24 bits per heavy atom. The molecule has 1 aliphatic carbocycles. The van der Waals surface area contributed by atoms with Gasteiger partial charge in [0.1, 0.15) is 10.8 Å². The fourth-order valence-corrected chi connectivity index (χ4v) is 3.77. The van der Waals surface area contributed by atoms with Gasteiger partial charge in [0.2, 0.25) is 0 Å². The Bertz CT molecular complexity index is 809. The van der Waals surface area contributed by atoms with Crippen molar-refractivity contribution in [1.82, 2.24) is 14.4 Å². The highest BCUT2D eigenvalue weighted by Gasteiger charge is 2.13. The van der Waals surface area contributed by atoms with Gasteiger partial charge in [0, 0.05) is 24.3 Å². The summed E-state index contributed by atoms with van der Waals surface area (Å²) in [6, 6.07) is 6.76. The molecule has 1 aromatic carbocycles. The predicted molar refractivity (Wildman–Crippen MR) is 85.1 cm³/mol. The third-order valence-corrected chi connectivity index (χ3v) is 4.84. The van der Waals surface area contributed by atoms with Crippen LogP contribution < -0.4 is 5.32 Å². The van der Waals surface area contributed by atoms with E-state index in [0.717, 1.165) is 16.5 Å². The van der Waals surface area contributed by atoms with Gasteiger partial charge in [-0.25, -0.2) is 9.97 Å². The number of anilines is 1. The molecule has 0 aliphatic heterocycles. The molecule has 0 radical (unpaired) electrons. The zero-order valence-electron chi connectivity index (χ0n) is 11.8. The summed E-state index contributed by atoms with van der Waals surface area (Å²) in [6.45, 7) is 0. The molecule has 1 aliphatic rings. The van der Waals surface area contributed by atoms with E-state index in [4.69, 9.17) is 0 Å². The largest absolute Gasteiger partial charge is 0.372 e. The molecule has 2 aromatic heterocycles. The Hall–Kier alpha value is -2.01. The minimum absolute atomic E-state index is 0.851. The maximum absolute atomic E-state index is 4.65. The maximum atomic E-state index is 4.65. The summed E-state index contributed by atoms with van der Waals surface area (Å²) in [5.74, 6) is 0.851. The Labute approximate surface area is 127 Å². The van der Waals surface area contributed by atoms with E-state index in [0.29, 0.717) is 0 Å². The second kappa shape index (κ2) is 5.07. The highest BCUT2D eigenvalue weighted by atomic mass is 32.2. The molecule has 0 saturated heterocycles. The van der Waals surface area contributed by atoms with Crippen molar-refractivity contribution in [2.24, 2.45) is 0 Å². The van der Waals surface area contributed by atoms with Crippen molar-refractivity contribution in [2.75, 3.05) is 12.4 Å². The zero-order valence-corrected chi connectivity index (χ0v) is 12.7. The molecule has 1 N–H and O–H groups in total. The standard InChI is InChI=1S/C16H16N4S/c1-17-14-10-20-8-7-18-15(20)16(19-14)21-13-6-5-11-3-2-4-12(11)9-13/h5-10,17H,2-4H2,1H3. The van der Waals surface area contributed by atoms with Crippen LogP contribution in [-0.2, 0) is 12.8 Å². The highest BCUT2D eigenvalue weighted by molar-refractivity contribution is 7.99. The normalized spacial score (nSPS) is 13.6. The number of hydrogen-bond acceptors (Lipinski definition) is 4. The Balaban J connectivity index is 1.75. The summed E-state index contributed by atoms with van der Waals surface area (Å²) in [5.41, 5.74) is 3.89. The van der Waals surface area contributed by atoms with Crippen molar-refractivity contribution < 1.29 is 0 Å². The van der Waals surface area contributed by atoms with Crippen LogP contribution in [0.3, 0.4) is 0 Å². The molecule has 0 atom stereocenters. The van der Waals surface area contributed by atoms with Gasteiger partial charge in [-0.15, -0.1) is 0 Å². The van der Waals surface area contributed by atoms with Gasteiger partial charge in [0.25, 0.3) is 0 Å². The minimum atomic E-state index is 0.851. The molecule has 4 nitrogen and oxygen atoms in total. The van der Waals surface area contributed by atoms with Gasteiger partial charge < -0.3 is 9.72 Å². The molecule has 0 saturated carbocycles. The predicted octanol–water partition coefficient (Wildman–Crippen LogP) is 3.41. The quantitative estimate of drug-likeness (QED) is 0.804. The SMILES string of the molecule is CNc1cn2ccnc2c(Sc2ccc3c(c2)CCC3)n1. The third kappa shape index (κ3) is 2.27. The number of benzene rings is 1. The molecule has 106 valence electrons. The van der Waals surface area contributed by atoms with E-state index in [1.54, 1.807) is 11.8 Å². The van der Waals surface area contributed by atoms with Gasteiger partial charge in [0.15, 0.2) is 5.65 Å². The Kier molecular flexibility index (Phi) is 3.07. The van der Waals surface area contributed by atoms with E-state index >= 15 is 0 Å². The summed E-state index contributed by atoms with van der Waals surface area (Å²) in [4.78, 5) is 10.3. The van der Waals surface area contributed by atoms with E-state index in [2.05, 4.69) is 33.5 Å². The Morgan fingerprint density at radius 2 is 2.14 bits per heavy atom. The number of nitrogens with one attached hydrogen (secondary N) is 1. The molecular weight excluding hydrogens is 280 g/mol. The summed E-state index contributed by atoms with van der Waals surface area (Å²) in [6.07, 6.45) is 9.41. The van der Waals surface area contributed by atoms with Crippen molar-refractivity contribution >= 4 is 23.2 Å². The van der Waals surface area contributed by atoms with E-state index in [9.17, 15) is 0 Å². The van der Waals surface area contributed by atoms with E-state index in [-0.39, 0.29) is 0 Å². The molecule has 21 heavy (non-hydrogen) atoms. The fourth-order valence-electron chi connectivity index (χ4n) is 2.82.